The third-order valence-corrected chi connectivity index (χ3v) is 1.65. The largest absolute Gasteiger partial charge is 0.395 e. The first kappa shape index (κ1) is 7.27. The van der Waals surface area contributed by atoms with Gasteiger partial charge in [-0.1, -0.05) is 0 Å². The molecule has 0 fully saturated rings. The lowest BCUT2D eigenvalue weighted by molar-refractivity contribution is 0.321. The summed E-state index contributed by atoms with van der Waals surface area (Å²) in [5.41, 5.74) is 0. The maximum absolute atomic E-state index is 10.3. The molecule has 0 rings (SSSR count). The van der Waals surface area contributed by atoms with Crippen molar-refractivity contribution >= 4 is 25.3 Å². The Hall–Kier alpha value is 0.270. The number of hydrogen-bond acceptors (Lipinski definition) is 2. The SMILES string of the molecule is C=S(=O)(Cl)CCO. The lowest BCUT2D eigenvalue weighted by Crippen LogP contribution is -2.00. The van der Waals surface area contributed by atoms with Crippen molar-refractivity contribution in [1.29, 1.82) is 0 Å². The molecule has 0 saturated carbocycles. The van der Waals surface area contributed by atoms with E-state index in [0.717, 1.165) is 0 Å². The van der Waals surface area contributed by atoms with Gasteiger partial charge in [-0.05, 0) is 16.6 Å². The van der Waals surface area contributed by atoms with Gasteiger partial charge in [0.05, 0.1) is 21.1 Å². The van der Waals surface area contributed by atoms with Gasteiger partial charge in [-0.3, -0.25) is 4.21 Å². The first-order chi connectivity index (χ1) is 3.06. The van der Waals surface area contributed by atoms with Crippen LogP contribution < -0.4 is 0 Å². The fourth-order valence-electron chi connectivity index (χ4n) is 0.136. The van der Waals surface area contributed by atoms with Crippen LogP contribution in [0.25, 0.3) is 0 Å². The van der Waals surface area contributed by atoms with Gasteiger partial charge in [-0.2, -0.15) is 0 Å². The first-order valence-corrected chi connectivity index (χ1v) is 4.44. The van der Waals surface area contributed by atoms with Crippen LogP contribution in [0, 0.1) is 0 Å². The van der Waals surface area contributed by atoms with Gasteiger partial charge in [0.2, 0.25) is 0 Å². The van der Waals surface area contributed by atoms with E-state index in [-0.39, 0.29) is 12.4 Å². The summed E-state index contributed by atoms with van der Waals surface area (Å²) in [6, 6.07) is 0. The summed E-state index contributed by atoms with van der Waals surface area (Å²) >= 11 is 0. The van der Waals surface area contributed by atoms with Gasteiger partial charge < -0.3 is 5.11 Å². The highest BCUT2D eigenvalue weighted by molar-refractivity contribution is 8.20. The second-order valence-electron chi connectivity index (χ2n) is 1.15. The summed E-state index contributed by atoms with van der Waals surface area (Å²) in [6.45, 7) is -0.161. The van der Waals surface area contributed by atoms with E-state index in [2.05, 4.69) is 5.87 Å². The van der Waals surface area contributed by atoms with Crippen molar-refractivity contribution < 1.29 is 9.32 Å². The van der Waals surface area contributed by atoms with Gasteiger partial charge in [-0.15, -0.1) is 0 Å². The lowest BCUT2D eigenvalue weighted by atomic mass is 10.9. The molecule has 0 amide bonds. The first-order valence-electron chi connectivity index (χ1n) is 1.71. The average molecular weight is 143 g/mol. The molecule has 1 N–H and O–H groups in total. The van der Waals surface area contributed by atoms with Gasteiger partial charge in [-0.25, -0.2) is 0 Å². The molecule has 1 unspecified atom stereocenters. The summed E-state index contributed by atoms with van der Waals surface area (Å²) < 4.78 is 10.3. The Labute approximate surface area is 47.6 Å². The quantitative estimate of drug-likeness (QED) is 0.430. The molecular weight excluding hydrogens is 136 g/mol. The van der Waals surface area contributed by atoms with Crippen molar-refractivity contribution in [2.75, 3.05) is 12.4 Å². The number of rotatable bonds is 2. The van der Waals surface area contributed by atoms with E-state index in [1.54, 1.807) is 0 Å². The summed E-state index contributed by atoms with van der Waals surface area (Å²) in [7, 11) is 2.64. The molecule has 0 bridgehead atoms. The Morgan fingerprint density at radius 1 is 1.86 bits per heavy atom. The van der Waals surface area contributed by atoms with Crippen LogP contribution in [0.5, 0.6) is 0 Å². The zero-order chi connectivity index (χ0) is 5.91. The van der Waals surface area contributed by atoms with Crippen LogP contribution in [-0.2, 0) is 8.74 Å². The predicted molar refractivity (Wildman–Crippen MR) is 33.1 cm³/mol. The number of hydrogen-bond donors (Lipinski definition) is 1. The highest BCUT2D eigenvalue weighted by Gasteiger charge is 1.92. The average Bonchev–Trinajstić information content (AvgIpc) is 1.30. The molecule has 0 aromatic heterocycles. The Morgan fingerprint density at radius 2 is 2.29 bits per heavy atom. The number of aliphatic hydroxyl groups excluding tert-OH is 1. The van der Waals surface area contributed by atoms with Crippen molar-refractivity contribution in [3.05, 3.63) is 0 Å². The van der Waals surface area contributed by atoms with Crippen molar-refractivity contribution in [3.63, 3.8) is 0 Å². The van der Waals surface area contributed by atoms with Gasteiger partial charge in [0, 0.05) is 0 Å². The van der Waals surface area contributed by atoms with E-state index in [1.165, 1.54) is 0 Å². The monoisotopic (exact) mass is 142 g/mol. The smallest absolute Gasteiger partial charge is 0.0552 e. The van der Waals surface area contributed by atoms with E-state index < -0.39 is 8.74 Å². The highest BCUT2D eigenvalue weighted by atomic mass is 35.7. The van der Waals surface area contributed by atoms with Crippen LogP contribution >= 0.6 is 10.7 Å². The van der Waals surface area contributed by atoms with Crippen molar-refractivity contribution in [3.8, 4) is 0 Å². The molecule has 0 radical (unpaired) electrons. The molecule has 0 aliphatic heterocycles. The fraction of sp³-hybridized carbons (Fsp3) is 0.667. The van der Waals surface area contributed by atoms with Gasteiger partial charge in [0.15, 0.2) is 0 Å². The second-order valence-corrected chi connectivity index (χ2v) is 4.69. The summed E-state index contributed by atoms with van der Waals surface area (Å²) in [5, 5.41) is 8.10. The predicted octanol–water partition coefficient (Wildman–Crippen LogP) is -0.151. The van der Waals surface area contributed by atoms with Gasteiger partial charge in [0.1, 0.15) is 0 Å². The molecule has 0 heterocycles. The molecular formula is C3H7ClO2S. The zero-order valence-electron chi connectivity index (χ0n) is 3.76. The third-order valence-electron chi connectivity index (χ3n) is 0.396. The minimum Gasteiger partial charge on any atom is -0.395 e. The van der Waals surface area contributed by atoms with Crippen LogP contribution in [-0.4, -0.2) is 27.5 Å². The maximum Gasteiger partial charge on any atom is 0.0552 e. The van der Waals surface area contributed by atoms with E-state index >= 15 is 0 Å². The standard InChI is InChI=1S/C3H7ClO2S/c1-7(4,6)3-2-5/h5H,1-3H2. The molecule has 0 saturated heterocycles. The Morgan fingerprint density at radius 3 is 2.29 bits per heavy atom. The molecule has 2 nitrogen and oxygen atoms in total. The maximum atomic E-state index is 10.3. The topological polar surface area (TPSA) is 37.3 Å². The van der Waals surface area contributed by atoms with Crippen LogP contribution in [0.1, 0.15) is 0 Å². The molecule has 0 spiro atoms. The second kappa shape index (κ2) is 2.55. The minimum absolute atomic E-state index is 0.0779. The molecule has 1 atom stereocenters. The zero-order valence-corrected chi connectivity index (χ0v) is 5.34. The van der Waals surface area contributed by atoms with Gasteiger partial charge >= 0.3 is 0 Å². The molecule has 0 aliphatic carbocycles. The van der Waals surface area contributed by atoms with E-state index in [9.17, 15) is 4.21 Å². The number of aliphatic hydroxyl groups is 1. The lowest BCUT2D eigenvalue weighted by Gasteiger charge is -1.90. The minimum atomic E-state index is -2.45. The van der Waals surface area contributed by atoms with Crippen LogP contribution in [0.2, 0.25) is 0 Å². The third kappa shape index (κ3) is 6.27. The van der Waals surface area contributed by atoms with Crippen molar-refractivity contribution in [2.45, 2.75) is 0 Å². The van der Waals surface area contributed by atoms with Crippen molar-refractivity contribution in [2.24, 2.45) is 0 Å². The number of halogens is 1. The normalized spacial score (nSPS) is 18.6. The molecule has 4 heteroatoms. The summed E-state index contributed by atoms with van der Waals surface area (Å²) in [4.78, 5) is 0. The fourth-order valence-corrected chi connectivity index (χ4v) is 0.616. The molecule has 0 aromatic carbocycles. The van der Waals surface area contributed by atoms with E-state index in [1.807, 2.05) is 0 Å². The Balaban J connectivity index is 3.60. The Kier molecular flexibility index (Phi) is 2.64. The molecule has 7 heavy (non-hydrogen) atoms. The van der Waals surface area contributed by atoms with Crippen LogP contribution in [0.4, 0.5) is 0 Å². The Bertz CT molecular complexity index is 126. The van der Waals surface area contributed by atoms with Crippen LogP contribution in [0.15, 0.2) is 0 Å². The molecule has 0 aliphatic rings. The van der Waals surface area contributed by atoms with Crippen molar-refractivity contribution in [1.82, 2.24) is 0 Å². The summed E-state index contributed by atoms with van der Waals surface area (Å²) in [6.07, 6.45) is 0. The van der Waals surface area contributed by atoms with Crippen LogP contribution in [0.3, 0.4) is 0 Å². The van der Waals surface area contributed by atoms with E-state index in [4.69, 9.17) is 15.8 Å². The van der Waals surface area contributed by atoms with Gasteiger partial charge in [0.25, 0.3) is 0 Å². The highest BCUT2D eigenvalue weighted by Crippen LogP contribution is 1.92. The molecule has 0 aromatic rings. The van der Waals surface area contributed by atoms with E-state index in [0.29, 0.717) is 0 Å². The molecule has 44 valence electrons. The summed E-state index contributed by atoms with van der Waals surface area (Å²) in [5.74, 6) is 3.17.